The Balaban J connectivity index is 1.23. The summed E-state index contributed by atoms with van der Waals surface area (Å²) in [6.45, 7) is 0. The lowest BCUT2D eigenvalue weighted by Gasteiger charge is -2.16. The predicted molar refractivity (Wildman–Crippen MR) is 212 cm³/mol. The first-order valence-corrected chi connectivity index (χ1v) is 18.1. The first-order chi connectivity index (χ1) is 24.8. The molecule has 236 valence electrons. The maximum Gasteiger partial charge on any atom is 0.143 e. The van der Waals surface area contributed by atoms with Crippen LogP contribution in [0.4, 0.5) is 0 Å². The second-order valence-electron chi connectivity index (χ2n) is 13.2. The number of thioether (sulfide) groups is 1. The van der Waals surface area contributed by atoms with Crippen LogP contribution in [-0.2, 0) is 0 Å². The minimum absolute atomic E-state index is 0.405. The van der Waals surface area contributed by atoms with Crippen LogP contribution in [0.3, 0.4) is 0 Å². The number of rotatable bonds is 5. The topological polar surface area (TPSA) is 13.1 Å². The van der Waals surface area contributed by atoms with E-state index < -0.39 is 0 Å². The van der Waals surface area contributed by atoms with E-state index in [1.54, 1.807) is 0 Å². The molecule has 2 aliphatic rings. The molecule has 2 unspecified atom stereocenters. The fourth-order valence-corrected chi connectivity index (χ4v) is 9.24. The van der Waals surface area contributed by atoms with Gasteiger partial charge in [-0.25, -0.2) is 0 Å². The zero-order valence-electron chi connectivity index (χ0n) is 27.3. The summed E-state index contributed by atoms with van der Waals surface area (Å²) in [6.07, 6.45) is 9.10. The molecule has 0 spiro atoms. The SMILES string of the molecule is C1=CC2Sc3c(-c4cc(-c5cc(-c6ccccc6)cc(-c6ccccc6)c5)cc(-c5cccc6c5oc5ccccc56)c4)cccc3C2C=C1. The summed E-state index contributed by atoms with van der Waals surface area (Å²) in [6, 6.07) is 57.3. The number of hydrogen-bond donors (Lipinski definition) is 0. The van der Waals surface area contributed by atoms with Gasteiger partial charge in [0.1, 0.15) is 11.2 Å². The van der Waals surface area contributed by atoms with Gasteiger partial charge in [-0.2, -0.15) is 0 Å². The van der Waals surface area contributed by atoms with Gasteiger partial charge < -0.3 is 4.42 Å². The van der Waals surface area contributed by atoms with Crippen LogP contribution in [0.5, 0.6) is 0 Å². The molecule has 0 saturated heterocycles. The molecule has 50 heavy (non-hydrogen) atoms. The second kappa shape index (κ2) is 11.9. The summed E-state index contributed by atoms with van der Waals surface area (Å²) in [5.74, 6) is 0.405. The Morgan fingerprint density at radius 2 is 0.960 bits per heavy atom. The highest BCUT2D eigenvalue weighted by Crippen LogP contribution is 2.52. The van der Waals surface area contributed by atoms with Gasteiger partial charge in [-0.3, -0.25) is 0 Å². The van der Waals surface area contributed by atoms with Gasteiger partial charge in [0.05, 0.1) is 0 Å². The Kier molecular flexibility index (Phi) is 6.96. The molecule has 0 N–H and O–H groups in total. The third-order valence-corrected chi connectivity index (χ3v) is 11.6. The van der Waals surface area contributed by atoms with Crippen molar-refractivity contribution in [2.24, 2.45) is 0 Å². The Morgan fingerprint density at radius 1 is 0.420 bits per heavy atom. The molecule has 2 heteroatoms. The Hall–Kier alpha value is -5.83. The number of allylic oxidation sites excluding steroid dienone is 3. The number of para-hydroxylation sites is 2. The number of hydrogen-bond acceptors (Lipinski definition) is 2. The van der Waals surface area contributed by atoms with Crippen LogP contribution >= 0.6 is 11.8 Å². The Morgan fingerprint density at radius 3 is 1.70 bits per heavy atom. The van der Waals surface area contributed by atoms with Crippen LogP contribution in [0, 0.1) is 0 Å². The van der Waals surface area contributed by atoms with Gasteiger partial charge in [0, 0.05) is 32.4 Å². The molecule has 0 bridgehead atoms. The maximum absolute atomic E-state index is 6.60. The maximum atomic E-state index is 6.60. The normalized spacial score (nSPS) is 16.2. The predicted octanol–water partition coefficient (Wildman–Crippen LogP) is 13.6. The zero-order chi connectivity index (χ0) is 33.0. The van der Waals surface area contributed by atoms with Crippen LogP contribution in [0.25, 0.3) is 77.6 Å². The highest BCUT2D eigenvalue weighted by Gasteiger charge is 2.33. The summed E-state index contributed by atoms with van der Waals surface area (Å²) in [5.41, 5.74) is 15.2. The first-order valence-electron chi connectivity index (χ1n) is 17.2. The van der Waals surface area contributed by atoms with Crippen molar-refractivity contribution in [3.8, 4) is 55.6 Å². The third kappa shape index (κ3) is 4.95. The lowest BCUT2D eigenvalue weighted by Crippen LogP contribution is -2.06. The van der Waals surface area contributed by atoms with E-state index in [0.717, 1.165) is 33.1 Å². The fourth-order valence-electron chi connectivity index (χ4n) is 7.76. The number of fused-ring (bicyclic) bond motifs is 6. The second-order valence-corrected chi connectivity index (χ2v) is 14.4. The Labute approximate surface area is 296 Å². The van der Waals surface area contributed by atoms with Crippen LogP contribution in [0.1, 0.15) is 11.5 Å². The van der Waals surface area contributed by atoms with Gasteiger partial charge in [-0.05, 0) is 98.1 Å². The molecule has 1 aromatic heterocycles. The van der Waals surface area contributed by atoms with E-state index in [0.29, 0.717) is 11.2 Å². The summed E-state index contributed by atoms with van der Waals surface area (Å²) < 4.78 is 6.60. The smallest absolute Gasteiger partial charge is 0.143 e. The van der Waals surface area contributed by atoms with Gasteiger partial charge in [0.15, 0.2) is 0 Å². The lowest BCUT2D eigenvalue weighted by atomic mass is 9.87. The molecule has 0 fully saturated rings. The summed E-state index contributed by atoms with van der Waals surface area (Å²) in [5, 5.41) is 2.71. The van der Waals surface area contributed by atoms with Crippen molar-refractivity contribution in [2.45, 2.75) is 16.1 Å². The molecule has 1 aliphatic heterocycles. The molecule has 1 nitrogen and oxygen atoms in total. The van der Waals surface area contributed by atoms with Gasteiger partial charge in [-0.1, -0.05) is 140 Å². The highest BCUT2D eigenvalue weighted by atomic mass is 32.2. The van der Waals surface area contributed by atoms with E-state index in [-0.39, 0.29) is 0 Å². The van der Waals surface area contributed by atoms with Crippen molar-refractivity contribution in [3.63, 3.8) is 0 Å². The molecular formula is C48H32OS. The van der Waals surface area contributed by atoms with E-state index in [9.17, 15) is 0 Å². The molecule has 0 saturated carbocycles. The van der Waals surface area contributed by atoms with Gasteiger partial charge in [-0.15, -0.1) is 11.8 Å². The van der Waals surface area contributed by atoms with E-state index in [4.69, 9.17) is 4.42 Å². The summed E-state index contributed by atoms with van der Waals surface area (Å²) in [4.78, 5) is 1.38. The standard InChI is InChI=1S/C48H32OS/c1-3-13-31(14-4-1)33-25-34(32-15-5-2-6-16-32)27-35(26-33)36-28-37(39-19-11-21-43-41-17-7-9-23-45(41)49-47(39)43)30-38(29-36)40-20-12-22-44-42-18-8-10-24-46(42)50-48(40)44/h1-30,42,46H. The molecule has 1 aliphatic carbocycles. The third-order valence-electron chi connectivity index (χ3n) is 10.2. The molecule has 0 radical (unpaired) electrons. The van der Waals surface area contributed by atoms with Gasteiger partial charge in [0.2, 0.25) is 0 Å². The van der Waals surface area contributed by atoms with Crippen molar-refractivity contribution >= 4 is 33.7 Å². The van der Waals surface area contributed by atoms with Crippen molar-refractivity contribution in [1.82, 2.24) is 0 Å². The molecule has 8 aromatic rings. The monoisotopic (exact) mass is 656 g/mol. The van der Waals surface area contributed by atoms with Crippen LogP contribution in [-0.4, -0.2) is 5.25 Å². The van der Waals surface area contributed by atoms with Gasteiger partial charge >= 0.3 is 0 Å². The minimum atomic E-state index is 0.405. The Bertz CT molecular complexity index is 2570. The highest BCUT2D eigenvalue weighted by molar-refractivity contribution is 8.00. The summed E-state index contributed by atoms with van der Waals surface area (Å²) in [7, 11) is 0. The van der Waals surface area contributed by atoms with Crippen LogP contribution in [0.2, 0.25) is 0 Å². The van der Waals surface area contributed by atoms with Crippen molar-refractivity contribution < 1.29 is 4.42 Å². The van der Waals surface area contributed by atoms with Crippen molar-refractivity contribution in [3.05, 3.63) is 188 Å². The molecule has 10 rings (SSSR count). The average molecular weight is 657 g/mol. The fraction of sp³-hybridized carbons (Fsp3) is 0.0417. The minimum Gasteiger partial charge on any atom is -0.455 e. The molecule has 7 aromatic carbocycles. The lowest BCUT2D eigenvalue weighted by molar-refractivity contribution is 0.670. The van der Waals surface area contributed by atoms with E-state index in [1.165, 1.54) is 55.0 Å². The van der Waals surface area contributed by atoms with Crippen LogP contribution < -0.4 is 0 Å². The average Bonchev–Trinajstić information content (AvgIpc) is 3.77. The zero-order valence-corrected chi connectivity index (χ0v) is 28.1. The van der Waals surface area contributed by atoms with Crippen molar-refractivity contribution in [1.29, 1.82) is 0 Å². The summed E-state index contributed by atoms with van der Waals surface area (Å²) >= 11 is 1.99. The van der Waals surface area contributed by atoms with E-state index in [2.05, 4.69) is 176 Å². The quantitative estimate of drug-likeness (QED) is 0.183. The van der Waals surface area contributed by atoms with E-state index >= 15 is 0 Å². The number of benzene rings is 7. The van der Waals surface area contributed by atoms with Crippen molar-refractivity contribution in [2.75, 3.05) is 0 Å². The van der Waals surface area contributed by atoms with Gasteiger partial charge in [0.25, 0.3) is 0 Å². The van der Waals surface area contributed by atoms with Crippen LogP contribution in [0.15, 0.2) is 191 Å². The molecule has 2 atom stereocenters. The molecular weight excluding hydrogens is 625 g/mol. The largest absolute Gasteiger partial charge is 0.455 e. The molecule has 2 heterocycles. The first kappa shape index (κ1) is 29.1. The van der Waals surface area contributed by atoms with E-state index in [1.807, 2.05) is 17.8 Å². The molecule has 0 amide bonds. The number of furan rings is 1.